The Morgan fingerprint density at radius 3 is 2.39 bits per heavy atom. The highest BCUT2D eigenvalue weighted by molar-refractivity contribution is 5.78. The van der Waals surface area contributed by atoms with Crippen LogP contribution in [0.15, 0.2) is 4.99 Å². The second-order valence-corrected chi connectivity index (χ2v) is 7.95. The molecule has 0 radical (unpaired) electrons. The molecular weight excluding hydrogens is 292 g/mol. The number of ether oxygens (including phenoxy) is 1. The molecule has 23 heavy (non-hydrogen) atoms. The first-order valence-corrected chi connectivity index (χ1v) is 8.77. The lowest BCUT2D eigenvalue weighted by atomic mass is 10.00. The van der Waals surface area contributed by atoms with Crippen LogP contribution in [0.25, 0.3) is 0 Å². The lowest BCUT2D eigenvalue weighted by Crippen LogP contribution is -2.42. The molecule has 1 amide bonds. The number of amides is 1. The molecule has 0 bridgehead atoms. The van der Waals surface area contributed by atoms with Crippen LogP contribution < -0.4 is 5.73 Å². The third-order valence-electron chi connectivity index (χ3n) is 4.56. The first-order valence-electron chi connectivity index (χ1n) is 8.77. The van der Waals surface area contributed by atoms with Gasteiger partial charge in [0.15, 0.2) is 5.96 Å². The predicted octanol–water partition coefficient (Wildman–Crippen LogP) is 2.29. The van der Waals surface area contributed by atoms with Gasteiger partial charge in [0.2, 0.25) is 0 Å². The number of guanidine groups is 1. The summed E-state index contributed by atoms with van der Waals surface area (Å²) in [6, 6.07) is 0. The molecule has 2 fully saturated rings. The number of likely N-dealkylation sites (tertiary alicyclic amines) is 2. The van der Waals surface area contributed by atoms with E-state index in [9.17, 15) is 4.79 Å². The van der Waals surface area contributed by atoms with E-state index in [0.29, 0.717) is 25.0 Å². The van der Waals surface area contributed by atoms with Crippen molar-refractivity contribution in [1.82, 2.24) is 9.80 Å². The van der Waals surface area contributed by atoms with Crippen LogP contribution in [0.1, 0.15) is 47.0 Å². The smallest absolute Gasteiger partial charge is 0.410 e. The Hall–Kier alpha value is -1.46. The number of hydrogen-bond donors (Lipinski definition) is 1. The summed E-state index contributed by atoms with van der Waals surface area (Å²) in [6.45, 7) is 12.1. The molecule has 132 valence electrons. The van der Waals surface area contributed by atoms with Crippen molar-refractivity contribution < 1.29 is 9.53 Å². The van der Waals surface area contributed by atoms with Crippen molar-refractivity contribution >= 4 is 12.1 Å². The largest absolute Gasteiger partial charge is 0.444 e. The lowest BCUT2D eigenvalue weighted by Gasteiger charge is -2.31. The Morgan fingerprint density at radius 1 is 1.17 bits per heavy atom. The molecule has 1 unspecified atom stereocenters. The van der Waals surface area contributed by atoms with E-state index < -0.39 is 5.60 Å². The fourth-order valence-electron chi connectivity index (χ4n) is 3.03. The van der Waals surface area contributed by atoms with Gasteiger partial charge in [-0.3, -0.25) is 4.99 Å². The first kappa shape index (κ1) is 17.9. The Balaban J connectivity index is 1.77. The van der Waals surface area contributed by atoms with E-state index in [-0.39, 0.29) is 6.09 Å². The van der Waals surface area contributed by atoms with Gasteiger partial charge >= 0.3 is 6.09 Å². The third kappa shape index (κ3) is 5.59. The van der Waals surface area contributed by atoms with Crippen LogP contribution in [-0.4, -0.2) is 60.2 Å². The van der Waals surface area contributed by atoms with Crippen molar-refractivity contribution in [2.45, 2.75) is 52.6 Å². The Morgan fingerprint density at radius 2 is 1.78 bits per heavy atom. The fraction of sp³-hybridized carbons (Fsp3) is 0.882. The molecule has 0 aromatic carbocycles. The van der Waals surface area contributed by atoms with Gasteiger partial charge in [-0.2, -0.15) is 0 Å². The molecule has 6 nitrogen and oxygen atoms in total. The molecular formula is C17H32N4O2. The topological polar surface area (TPSA) is 71.2 Å². The van der Waals surface area contributed by atoms with Crippen molar-refractivity contribution in [2.24, 2.45) is 22.6 Å². The van der Waals surface area contributed by atoms with E-state index in [0.717, 1.165) is 32.0 Å². The molecule has 0 aliphatic carbocycles. The Labute approximate surface area is 140 Å². The van der Waals surface area contributed by atoms with Gasteiger partial charge in [0.25, 0.3) is 0 Å². The second kappa shape index (κ2) is 7.41. The minimum absolute atomic E-state index is 0.220. The molecule has 2 N–H and O–H groups in total. The predicted molar refractivity (Wildman–Crippen MR) is 92.4 cm³/mol. The van der Waals surface area contributed by atoms with Crippen molar-refractivity contribution in [1.29, 1.82) is 0 Å². The van der Waals surface area contributed by atoms with E-state index in [2.05, 4.69) is 16.8 Å². The van der Waals surface area contributed by atoms with Crippen LogP contribution in [0.2, 0.25) is 0 Å². The van der Waals surface area contributed by atoms with Crippen molar-refractivity contribution in [3.8, 4) is 0 Å². The molecule has 0 aromatic heterocycles. The average molecular weight is 324 g/mol. The van der Waals surface area contributed by atoms with Crippen molar-refractivity contribution in [3.63, 3.8) is 0 Å². The highest BCUT2D eigenvalue weighted by atomic mass is 16.6. The molecule has 0 spiro atoms. The van der Waals surface area contributed by atoms with Crippen LogP contribution in [0, 0.1) is 11.8 Å². The maximum absolute atomic E-state index is 12.1. The number of carbonyl (C=O) groups is 1. The van der Waals surface area contributed by atoms with Crippen molar-refractivity contribution in [3.05, 3.63) is 0 Å². The Kier molecular flexibility index (Phi) is 5.76. The van der Waals surface area contributed by atoms with Crippen LogP contribution in [0.3, 0.4) is 0 Å². The maximum Gasteiger partial charge on any atom is 0.410 e. The van der Waals surface area contributed by atoms with Gasteiger partial charge in [-0.25, -0.2) is 4.79 Å². The lowest BCUT2D eigenvalue weighted by molar-refractivity contribution is 0.0289. The molecule has 2 saturated heterocycles. The maximum atomic E-state index is 12.1. The summed E-state index contributed by atoms with van der Waals surface area (Å²) in [5.74, 6) is 1.83. The van der Waals surface area contributed by atoms with E-state index >= 15 is 0 Å². The number of hydrogen-bond acceptors (Lipinski definition) is 3. The number of rotatable bonds is 2. The molecule has 6 heteroatoms. The summed E-state index contributed by atoms with van der Waals surface area (Å²) in [7, 11) is 0. The summed E-state index contributed by atoms with van der Waals surface area (Å²) in [5.41, 5.74) is 5.68. The van der Waals surface area contributed by atoms with E-state index in [1.54, 1.807) is 4.90 Å². The summed E-state index contributed by atoms with van der Waals surface area (Å²) in [4.78, 5) is 20.6. The van der Waals surface area contributed by atoms with Gasteiger partial charge in [-0.15, -0.1) is 0 Å². The zero-order valence-corrected chi connectivity index (χ0v) is 15.0. The Bertz CT molecular complexity index is 436. The molecule has 0 saturated carbocycles. The van der Waals surface area contributed by atoms with E-state index in [4.69, 9.17) is 10.5 Å². The minimum atomic E-state index is -0.441. The van der Waals surface area contributed by atoms with Crippen LogP contribution in [0.5, 0.6) is 0 Å². The van der Waals surface area contributed by atoms with Gasteiger partial charge in [0, 0.05) is 32.7 Å². The number of piperidine rings is 1. The zero-order chi connectivity index (χ0) is 17.0. The molecule has 0 aromatic rings. The number of carbonyl (C=O) groups excluding carboxylic acids is 1. The normalized spacial score (nSPS) is 24.2. The number of aliphatic imine (C=N–C) groups is 1. The van der Waals surface area contributed by atoms with Gasteiger partial charge in [0.05, 0.1) is 0 Å². The van der Waals surface area contributed by atoms with Crippen molar-refractivity contribution in [2.75, 3.05) is 32.7 Å². The second-order valence-electron chi connectivity index (χ2n) is 7.95. The highest BCUT2D eigenvalue weighted by Crippen LogP contribution is 2.20. The van der Waals surface area contributed by atoms with Gasteiger partial charge in [-0.1, -0.05) is 6.92 Å². The monoisotopic (exact) mass is 324 g/mol. The summed E-state index contributed by atoms with van der Waals surface area (Å²) in [6.07, 6.45) is 3.12. The van der Waals surface area contributed by atoms with Crippen LogP contribution >= 0.6 is 0 Å². The molecule has 2 rings (SSSR count). The summed E-state index contributed by atoms with van der Waals surface area (Å²) in [5, 5.41) is 0. The number of nitrogens with zero attached hydrogens (tertiary/aromatic N) is 3. The summed E-state index contributed by atoms with van der Waals surface area (Å²) < 4.78 is 5.42. The third-order valence-corrected chi connectivity index (χ3v) is 4.56. The quantitative estimate of drug-likeness (QED) is 0.625. The highest BCUT2D eigenvalue weighted by Gasteiger charge is 2.29. The average Bonchev–Trinajstić information content (AvgIpc) is 2.93. The van der Waals surface area contributed by atoms with E-state index in [1.165, 1.54) is 12.8 Å². The standard InChI is InChI=1S/C17H32N4O2/c1-13-5-8-20(9-6-13)15(18)19-11-14-7-10-21(12-14)16(22)23-17(2,3)4/h13-14H,5-12H2,1-4H3,(H2,18,19). The zero-order valence-electron chi connectivity index (χ0n) is 15.0. The SMILES string of the molecule is CC1CCN(C(N)=NCC2CCN(C(=O)OC(C)(C)C)C2)CC1. The molecule has 2 heterocycles. The summed E-state index contributed by atoms with van der Waals surface area (Å²) >= 11 is 0. The minimum Gasteiger partial charge on any atom is -0.444 e. The van der Waals surface area contributed by atoms with Gasteiger partial charge < -0.3 is 20.3 Å². The number of nitrogens with two attached hydrogens (primary N) is 1. The van der Waals surface area contributed by atoms with Crippen LogP contribution in [-0.2, 0) is 4.74 Å². The molecule has 2 aliphatic rings. The molecule has 2 aliphatic heterocycles. The van der Waals surface area contributed by atoms with Crippen LogP contribution in [0.4, 0.5) is 4.79 Å². The molecule has 1 atom stereocenters. The van der Waals surface area contributed by atoms with Gasteiger partial charge in [-0.05, 0) is 51.9 Å². The first-order chi connectivity index (χ1) is 10.7. The fourth-order valence-corrected chi connectivity index (χ4v) is 3.03. The van der Waals surface area contributed by atoms with Gasteiger partial charge in [0.1, 0.15) is 5.60 Å². The van der Waals surface area contributed by atoms with E-state index in [1.807, 2.05) is 20.8 Å².